The van der Waals surface area contributed by atoms with Gasteiger partial charge in [-0.1, -0.05) is 35.4 Å². The maximum absolute atomic E-state index is 6.08. The van der Waals surface area contributed by atoms with E-state index in [0.717, 1.165) is 34.0 Å². The van der Waals surface area contributed by atoms with Crippen LogP contribution < -0.4 is 9.80 Å². The summed E-state index contributed by atoms with van der Waals surface area (Å²) in [7, 11) is 1.99. The van der Waals surface area contributed by atoms with E-state index in [-0.39, 0.29) is 0 Å². The summed E-state index contributed by atoms with van der Waals surface area (Å²) in [5.74, 6) is 0.497. The number of hydrogen-bond acceptors (Lipinski definition) is 6. The fourth-order valence-electron chi connectivity index (χ4n) is 4.22. The molecule has 5 rings (SSSR count). The Morgan fingerprint density at radius 1 is 1.00 bits per heavy atom. The molecule has 3 heterocycles. The molecule has 0 saturated carbocycles. The Labute approximate surface area is 190 Å². The molecule has 1 aliphatic heterocycles. The SMILES string of the molecule is CN(Cc1ccccc1N1CCCCC1)c1nnc(-c2ccnc3c(Br)cccc23)o1. The third-order valence-corrected chi connectivity index (χ3v) is 6.43. The number of halogens is 1. The average molecular weight is 478 g/mol. The van der Waals surface area contributed by atoms with E-state index in [0.29, 0.717) is 18.5 Å². The summed E-state index contributed by atoms with van der Waals surface area (Å²) < 4.78 is 7.03. The van der Waals surface area contributed by atoms with Gasteiger partial charge in [0.1, 0.15) is 0 Å². The monoisotopic (exact) mass is 477 g/mol. The Morgan fingerprint density at radius 2 is 1.84 bits per heavy atom. The van der Waals surface area contributed by atoms with E-state index in [4.69, 9.17) is 4.42 Å². The number of benzene rings is 2. The molecule has 0 amide bonds. The number of para-hydroxylation sites is 2. The van der Waals surface area contributed by atoms with Gasteiger partial charge in [-0.3, -0.25) is 4.98 Å². The molecule has 7 heteroatoms. The predicted molar refractivity (Wildman–Crippen MR) is 127 cm³/mol. The molecule has 1 fully saturated rings. The van der Waals surface area contributed by atoms with E-state index < -0.39 is 0 Å². The zero-order valence-corrected chi connectivity index (χ0v) is 19.0. The molecule has 4 aromatic rings. The Kier molecular flexibility index (Phi) is 5.59. The minimum absolute atomic E-state index is 0.497. The van der Waals surface area contributed by atoms with Crippen LogP contribution in [-0.4, -0.2) is 35.3 Å². The predicted octanol–water partition coefficient (Wildman–Crippen LogP) is 5.67. The molecule has 0 unspecified atom stereocenters. The smallest absolute Gasteiger partial charge is 0.318 e. The first-order valence-electron chi connectivity index (χ1n) is 10.6. The van der Waals surface area contributed by atoms with Gasteiger partial charge in [0.15, 0.2) is 0 Å². The first-order valence-corrected chi connectivity index (χ1v) is 11.4. The van der Waals surface area contributed by atoms with E-state index in [1.807, 2.05) is 36.2 Å². The molecule has 0 N–H and O–H groups in total. The lowest BCUT2D eigenvalue weighted by Gasteiger charge is -2.31. The Balaban J connectivity index is 1.41. The van der Waals surface area contributed by atoms with Crippen molar-refractivity contribution in [2.24, 2.45) is 0 Å². The lowest BCUT2D eigenvalue weighted by atomic mass is 10.1. The Hall–Kier alpha value is -2.93. The lowest BCUT2D eigenvalue weighted by molar-refractivity contribution is 0.553. The third-order valence-electron chi connectivity index (χ3n) is 5.79. The van der Waals surface area contributed by atoms with Crippen LogP contribution in [0.2, 0.25) is 0 Å². The van der Waals surface area contributed by atoms with Crippen LogP contribution in [-0.2, 0) is 6.54 Å². The van der Waals surface area contributed by atoms with Crippen LogP contribution in [0.15, 0.2) is 63.6 Å². The van der Waals surface area contributed by atoms with Gasteiger partial charge in [0.25, 0.3) is 0 Å². The lowest BCUT2D eigenvalue weighted by Crippen LogP contribution is -2.31. The van der Waals surface area contributed by atoms with Gasteiger partial charge in [-0.2, -0.15) is 0 Å². The maximum Gasteiger partial charge on any atom is 0.318 e. The standard InChI is InChI=1S/C24H24BrN5O/c1-29(16-17-8-3-4-11-21(17)30-14-5-2-6-15-30)24-28-27-23(31-24)19-12-13-26-22-18(19)9-7-10-20(22)25/h3-4,7-13H,2,5-6,14-16H2,1H3. The molecule has 31 heavy (non-hydrogen) atoms. The molecule has 2 aromatic carbocycles. The van der Waals surface area contributed by atoms with Crippen molar-refractivity contribution in [1.29, 1.82) is 0 Å². The highest BCUT2D eigenvalue weighted by Gasteiger charge is 2.18. The number of anilines is 2. The van der Waals surface area contributed by atoms with Gasteiger partial charge in [-0.05, 0) is 59.0 Å². The summed E-state index contributed by atoms with van der Waals surface area (Å²) in [5.41, 5.74) is 4.33. The minimum Gasteiger partial charge on any atom is -0.403 e. The van der Waals surface area contributed by atoms with Crippen molar-refractivity contribution in [2.45, 2.75) is 25.8 Å². The second kappa shape index (κ2) is 8.67. The summed E-state index contributed by atoms with van der Waals surface area (Å²) in [4.78, 5) is 8.97. The molecular weight excluding hydrogens is 454 g/mol. The Bertz CT molecular complexity index is 1200. The largest absolute Gasteiger partial charge is 0.403 e. The molecular formula is C24H24BrN5O. The molecule has 0 bridgehead atoms. The second-order valence-electron chi connectivity index (χ2n) is 7.92. The number of hydrogen-bond donors (Lipinski definition) is 0. The summed E-state index contributed by atoms with van der Waals surface area (Å²) >= 11 is 3.57. The van der Waals surface area contributed by atoms with Crippen molar-refractivity contribution in [2.75, 3.05) is 29.9 Å². The van der Waals surface area contributed by atoms with Crippen LogP contribution in [0.3, 0.4) is 0 Å². The normalized spacial score (nSPS) is 14.2. The van der Waals surface area contributed by atoms with E-state index in [2.05, 4.69) is 60.3 Å². The number of piperidine rings is 1. The van der Waals surface area contributed by atoms with E-state index in [9.17, 15) is 0 Å². The highest BCUT2D eigenvalue weighted by Crippen LogP contribution is 2.32. The molecule has 1 aliphatic rings. The van der Waals surface area contributed by atoms with Crippen LogP contribution in [0.25, 0.3) is 22.4 Å². The van der Waals surface area contributed by atoms with E-state index in [1.165, 1.54) is 30.5 Å². The maximum atomic E-state index is 6.08. The van der Waals surface area contributed by atoms with Crippen LogP contribution in [0, 0.1) is 0 Å². The van der Waals surface area contributed by atoms with Crippen molar-refractivity contribution in [1.82, 2.24) is 15.2 Å². The fourth-order valence-corrected chi connectivity index (χ4v) is 4.68. The van der Waals surface area contributed by atoms with Crippen LogP contribution in [0.4, 0.5) is 11.7 Å². The van der Waals surface area contributed by atoms with Crippen LogP contribution in [0.1, 0.15) is 24.8 Å². The Morgan fingerprint density at radius 3 is 2.71 bits per heavy atom. The minimum atomic E-state index is 0.497. The fraction of sp³-hybridized carbons (Fsp3) is 0.292. The zero-order chi connectivity index (χ0) is 21.2. The van der Waals surface area contributed by atoms with Crippen LogP contribution in [0.5, 0.6) is 0 Å². The van der Waals surface area contributed by atoms with Gasteiger partial charge in [0.2, 0.25) is 5.89 Å². The number of nitrogens with zero attached hydrogens (tertiary/aromatic N) is 5. The van der Waals surface area contributed by atoms with Crippen molar-refractivity contribution in [3.8, 4) is 11.5 Å². The summed E-state index contributed by atoms with van der Waals surface area (Å²) in [5, 5.41) is 9.63. The second-order valence-corrected chi connectivity index (χ2v) is 8.77. The summed E-state index contributed by atoms with van der Waals surface area (Å²) in [6.45, 7) is 2.95. The first-order chi connectivity index (χ1) is 15.2. The number of aromatic nitrogens is 3. The average Bonchev–Trinajstić information content (AvgIpc) is 3.30. The topological polar surface area (TPSA) is 58.3 Å². The molecule has 0 aliphatic carbocycles. The van der Waals surface area contributed by atoms with Crippen molar-refractivity contribution < 1.29 is 4.42 Å². The molecule has 2 aromatic heterocycles. The van der Waals surface area contributed by atoms with Crippen molar-refractivity contribution >= 4 is 38.5 Å². The number of pyridine rings is 1. The molecule has 0 atom stereocenters. The van der Waals surface area contributed by atoms with Gasteiger partial charge in [-0.15, -0.1) is 5.10 Å². The highest BCUT2D eigenvalue weighted by atomic mass is 79.9. The van der Waals surface area contributed by atoms with Gasteiger partial charge >= 0.3 is 6.01 Å². The molecule has 158 valence electrons. The van der Waals surface area contributed by atoms with Gasteiger partial charge in [0, 0.05) is 54.0 Å². The van der Waals surface area contributed by atoms with Crippen molar-refractivity contribution in [3.63, 3.8) is 0 Å². The molecule has 1 saturated heterocycles. The molecule has 6 nitrogen and oxygen atoms in total. The third kappa shape index (κ3) is 4.02. The zero-order valence-electron chi connectivity index (χ0n) is 17.5. The van der Waals surface area contributed by atoms with Crippen LogP contribution >= 0.6 is 15.9 Å². The molecule has 0 radical (unpaired) electrons. The molecule has 0 spiro atoms. The van der Waals surface area contributed by atoms with E-state index >= 15 is 0 Å². The number of fused-ring (bicyclic) bond motifs is 1. The first kappa shape index (κ1) is 20.0. The van der Waals surface area contributed by atoms with Gasteiger partial charge in [0.05, 0.1) is 5.52 Å². The van der Waals surface area contributed by atoms with Gasteiger partial charge < -0.3 is 14.2 Å². The van der Waals surface area contributed by atoms with Gasteiger partial charge in [-0.25, -0.2) is 0 Å². The van der Waals surface area contributed by atoms with E-state index in [1.54, 1.807) is 6.20 Å². The summed E-state index contributed by atoms with van der Waals surface area (Å²) in [6.07, 6.45) is 5.61. The summed E-state index contributed by atoms with van der Waals surface area (Å²) in [6, 6.07) is 17.0. The van der Waals surface area contributed by atoms with Crippen molar-refractivity contribution in [3.05, 3.63) is 64.8 Å². The number of rotatable bonds is 5. The highest BCUT2D eigenvalue weighted by molar-refractivity contribution is 9.10. The quantitative estimate of drug-likeness (QED) is 0.368.